The van der Waals surface area contributed by atoms with Gasteiger partial charge in [0.25, 0.3) is 0 Å². The molecule has 1 fully saturated rings. The number of rotatable bonds is 6. The number of nitrogens with one attached hydrogen (secondary N) is 2. The normalized spacial score (nSPS) is 17.6. The first-order valence-electron chi connectivity index (χ1n) is 7.30. The fourth-order valence-corrected chi connectivity index (χ4v) is 3.30. The maximum Gasteiger partial charge on any atom is 0.182 e. The van der Waals surface area contributed by atoms with Crippen molar-refractivity contribution in [3.8, 4) is 0 Å². The van der Waals surface area contributed by atoms with Gasteiger partial charge in [-0.2, -0.15) is 0 Å². The molecule has 3 nitrogen and oxygen atoms in total. The third kappa shape index (κ3) is 4.58. The number of aryl methyl sites for hydroxylation is 1. The molecule has 0 atom stereocenters. The smallest absolute Gasteiger partial charge is 0.182 e. The van der Waals surface area contributed by atoms with Crippen molar-refractivity contribution in [2.24, 2.45) is 0 Å². The Morgan fingerprint density at radius 3 is 2.67 bits per heavy atom. The molecule has 1 aromatic heterocycles. The van der Waals surface area contributed by atoms with E-state index in [-0.39, 0.29) is 0 Å². The summed E-state index contributed by atoms with van der Waals surface area (Å²) in [5, 5.41) is 10.3. The highest BCUT2D eigenvalue weighted by Crippen LogP contribution is 2.17. The minimum Gasteiger partial charge on any atom is -0.360 e. The lowest BCUT2D eigenvalue weighted by Gasteiger charge is -2.16. The fourth-order valence-electron chi connectivity index (χ4n) is 2.48. The van der Waals surface area contributed by atoms with Crippen molar-refractivity contribution < 1.29 is 0 Å². The molecule has 1 aliphatic carbocycles. The summed E-state index contributed by atoms with van der Waals surface area (Å²) < 4.78 is 0. The van der Waals surface area contributed by atoms with E-state index in [1.54, 1.807) is 11.3 Å². The van der Waals surface area contributed by atoms with Crippen molar-refractivity contribution in [1.82, 2.24) is 10.3 Å². The quantitative estimate of drug-likeness (QED) is 0.612. The molecule has 2 N–H and O–H groups in total. The maximum atomic E-state index is 4.51. The lowest BCUT2D eigenvalue weighted by atomic mass is 10.1. The zero-order chi connectivity index (χ0) is 12.6. The van der Waals surface area contributed by atoms with Crippen LogP contribution in [0.2, 0.25) is 0 Å². The predicted molar refractivity (Wildman–Crippen MR) is 79.5 cm³/mol. The summed E-state index contributed by atoms with van der Waals surface area (Å²) in [5.41, 5.74) is 1.19. The van der Waals surface area contributed by atoms with E-state index in [0.717, 1.165) is 30.7 Å². The van der Waals surface area contributed by atoms with Crippen LogP contribution in [0.5, 0.6) is 0 Å². The summed E-state index contributed by atoms with van der Waals surface area (Å²) >= 11 is 1.71. The van der Waals surface area contributed by atoms with E-state index in [0.29, 0.717) is 0 Å². The molecule has 4 heteroatoms. The monoisotopic (exact) mass is 267 g/mol. The van der Waals surface area contributed by atoms with Crippen LogP contribution in [0.1, 0.15) is 51.1 Å². The van der Waals surface area contributed by atoms with Crippen LogP contribution < -0.4 is 10.6 Å². The molecular weight excluding hydrogens is 242 g/mol. The number of aromatic nitrogens is 1. The largest absolute Gasteiger partial charge is 0.360 e. The molecule has 2 rings (SSSR count). The third-order valence-corrected chi connectivity index (χ3v) is 4.45. The Labute approximate surface area is 114 Å². The molecule has 1 saturated carbocycles. The molecule has 102 valence electrons. The highest BCUT2D eigenvalue weighted by molar-refractivity contribution is 7.13. The van der Waals surface area contributed by atoms with Gasteiger partial charge in [0.15, 0.2) is 5.13 Å². The van der Waals surface area contributed by atoms with Gasteiger partial charge in [0.05, 0.1) is 5.69 Å². The van der Waals surface area contributed by atoms with Crippen LogP contribution >= 0.6 is 11.3 Å². The Kier molecular flexibility index (Phi) is 5.94. The highest BCUT2D eigenvalue weighted by Gasteiger charge is 2.10. The number of thiazole rings is 1. The lowest BCUT2D eigenvalue weighted by molar-refractivity contribution is 0.468. The summed E-state index contributed by atoms with van der Waals surface area (Å²) in [6.07, 6.45) is 9.40. The van der Waals surface area contributed by atoms with Crippen molar-refractivity contribution in [2.45, 2.75) is 57.9 Å². The summed E-state index contributed by atoms with van der Waals surface area (Å²) in [6, 6.07) is 0.747. The molecule has 0 amide bonds. The molecule has 0 radical (unpaired) electrons. The molecule has 0 aliphatic heterocycles. The van der Waals surface area contributed by atoms with Crippen LogP contribution in [0.15, 0.2) is 5.38 Å². The highest BCUT2D eigenvalue weighted by atomic mass is 32.1. The van der Waals surface area contributed by atoms with E-state index in [9.17, 15) is 0 Å². The van der Waals surface area contributed by atoms with Crippen molar-refractivity contribution in [3.63, 3.8) is 0 Å². The van der Waals surface area contributed by atoms with Gasteiger partial charge in [-0.25, -0.2) is 4.98 Å². The van der Waals surface area contributed by atoms with Crippen molar-refractivity contribution in [3.05, 3.63) is 11.1 Å². The molecule has 0 unspecified atom stereocenters. The van der Waals surface area contributed by atoms with E-state index in [1.807, 2.05) is 0 Å². The SMILES string of the molecule is CCc1csc(NCCNC2CCCCCC2)n1. The minimum atomic E-state index is 0.747. The second kappa shape index (κ2) is 7.74. The average molecular weight is 267 g/mol. The van der Waals surface area contributed by atoms with Gasteiger partial charge in [-0.05, 0) is 19.3 Å². The van der Waals surface area contributed by atoms with Gasteiger partial charge in [0.1, 0.15) is 0 Å². The van der Waals surface area contributed by atoms with Gasteiger partial charge >= 0.3 is 0 Å². The molecule has 1 aliphatic rings. The Hall–Kier alpha value is -0.610. The van der Waals surface area contributed by atoms with E-state index in [1.165, 1.54) is 44.2 Å². The molecule has 0 bridgehead atoms. The second-order valence-corrected chi connectivity index (χ2v) is 5.93. The predicted octanol–water partition coefficient (Wildman–Crippen LogP) is 3.43. The van der Waals surface area contributed by atoms with Crippen LogP contribution in [0.4, 0.5) is 5.13 Å². The number of nitrogens with zero attached hydrogens (tertiary/aromatic N) is 1. The lowest BCUT2D eigenvalue weighted by Crippen LogP contribution is -2.32. The molecule has 18 heavy (non-hydrogen) atoms. The summed E-state index contributed by atoms with van der Waals surface area (Å²) in [4.78, 5) is 4.51. The van der Waals surface area contributed by atoms with Gasteiger partial charge in [-0.1, -0.05) is 32.6 Å². The van der Waals surface area contributed by atoms with Gasteiger partial charge in [-0.3, -0.25) is 0 Å². The number of hydrogen-bond donors (Lipinski definition) is 2. The van der Waals surface area contributed by atoms with Crippen LogP contribution in [0, 0.1) is 0 Å². The summed E-state index contributed by atoms with van der Waals surface area (Å²) in [6.45, 7) is 4.17. The maximum absolute atomic E-state index is 4.51. The topological polar surface area (TPSA) is 37.0 Å². The molecule has 0 aromatic carbocycles. The Morgan fingerprint density at radius 2 is 2.00 bits per heavy atom. The molecule has 0 spiro atoms. The standard InChI is InChI=1S/C14H25N3S/c1-2-12-11-18-14(17-12)16-10-9-15-13-7-5-3-4-6-8-13/h11,13,15H,2-10H2,1H3,(H,16,17). The van der Waals surface area contributed by atoms with Crippen LogP contribution in [-0.4, -0.2) is 24.1 Å². The van der Waals surface area contributed by atoms with Crippen molar-refractivity contribution in [1.29, 1.82) is 0 Å². The number of anilines is 1. The first kappa shape index (κ1) is 13.8. The molecule has 1 heterocycles. The summed E-state index contributed by atoms with van der Waals surface area (Å²) in [7, 11) is 0. The van der Waals surface area contributed by atoms with Crippen LogP contribution in [0.25, 0.3) is 0 Å². The Morgan fingerprint density at radius 1 is 1.22 bits per heavy atom. The number of hydrogen-bond acceptors (Lipinski definition) is 4. The van der Waals surface area contributed by atoms with Crippen molar-refractivity contribution >= 4 is 16.5 Å². The first-order chi connectivity index (χ1) is 8.88. The van der Waals surface area contributed by atoms with Crippen LogP contribution in [0.3, 0.4) is 0 Å². The van der Waals surface area contributed by atoms with Gasteiger partial charge in [-0.15, -0.1) is 11.3 Å². The minimum absolute atomic E-state index is 0.747. The van der Waals surface area contributed by atoms with E-state index in [4.69, 9.17) is 0 Å². The molecular formula is C14H25N3S. The Balaban J connectivity index is 1.60. The fraction of sp³-hybridized carbons (Fsp3) is 0.786. The third-order valence-electron chi connectivity index (χ3n) is 3.60. The van der Waals surface area contributed by atoms with Gasteiger partial charge in [0, 0.05) is 24.5 Å². The molecule has 1 aromatic rings. The average Bonchev–Trinajstić information content (AvgIpc) is 2.70. The first-order valence-corrected chi connectivity index (χ1v) is 8.18. The van der Waals surface area contributed by atoms with Crippen LogP contribution in [-0.2, 0) is 6.42 Å². The summed E-state index contributed by atoms with van der Waals surface area (Å²) in [5.74, 6) is 0. The zero-order valence-electron chi connectivity index (χ0n) is 11.4. The Bertz CT molecular complexity index is 330. The second-order valence-electron chi connectivity index (χ2n) is 5.07. The van der Waals surface area contributed by atoms with Gasteiger partial charge in [0.2, 0.25) is 0 Å². The van der Waals surface area contributed by atoms with E-state index < -0.39 is 0 Å². The zero-order valence-corrected chi connectivity index (χ0v) is 12.2. The van der Waals surface area contributed by atoms with E-state index >= 15 is 0 Å². The van der Waals surface area contributed by atoms with Gasteiger partial charge < -0.3 is 10.6 Å². The van der Waals surface area contributed by atoms with Crippen molar-refractivity contribution in [2.75, 3.05) is 18.4 Å². The molecule has 0 saturated heterocycles. The van der Waals surface area contributed by atoms with E-state index in [2.05, 4.69) is 27.9 Å².